The molecule has 0 N–H and O–H groups in total. The van der Waals surface area contributed by atoms with Gasteiger partial charge in [-0.1, -0.05) is 12.1 Å². The summed E-state index contributed by atoms with van der Waals surface area (Å²) < 4.78 is 10.5. The van der Waals surface area contributed by atoms with Crippen LogP contribution in [0.1, 0.15) is 0 Å². The van der Waals surface area contributed by atoms with Gasteiger partial charge >= 0.3 is 0 Å². The molecule has 1 aliphatic heterocycles. The van der Waals surface area contributed by atoms with Crippen molar-refractivity contribution in [2.24, 2.45) is 4.99 Å². The molecule has 1 aromatic rings. The lowest BCUT2D eigenvalue weighted by molar-refractivity contribution is -0.0794. The number of nitrogens with zero attached hydrogens (tertiary/aromatic N) is 1. The third kappa shape index (κ3) is 1.82. The van der Waals surface area contributed by atoms with Crippen LogP contribution >= 0.6 is 0 Å². The summed E-state index contributed by atoms with van der Waals surface area (Å²) in [6, 6.07) is 7.10. The Bertz CT molecular complexity index is 367. The van der Waals surface area contributed by atoms with Crippen molar-refractivity contribution in [3.05, 3.63) is 24.3 Å². The number of ether oxygens (including phenoxy) is 2. The van der Waals surface area contributed by atoms with Gasteiger partial charge in [-0.25, -0.2) is 4.79 Å². The van der Waals surface area contributed by atoms with Gasteiger partial charge in [-0.05, 0) is 12.1 Å². The van der Waals surface area contributed by atoms with E-state index in [9.17, 15) is 4.79 Å². The number of isocyanates is 1. The van der Waals surface area contributed by atoms with Crippen molar-refractivity contribution < 1.29 is 14.3 Å². The fraction of sp³-hybridized carbons (Fsp3) is 0.300. The topological polar surface area (TPSA) is 47.9 Å². The number of benzene rings is 1. The molecule has 0 amide bonds. The van der Waals surface area contributed by atoms with Crippen LogP contribution in [0.25, 0.3) is 0 Å². The molecule has 0 aromatic heterocycles. The number of aliphatic imine (C=N–C) groups is 1. The number of hydrogen-bond acceptors (Lipinski definition) is 4. The standard InChI is InChI=1S/C10H9NO3/c12-7-11-9-3-1-2-4-10(9)14-8-5-13-6-8/h1-4,8H,5-6H2. The zero-order chi connectivity index (χ0) is 9.80. The first kappa shape index (κ1) is 8.94. The summed E-state index contributed by atoms with van der Waals surface area (Å²) in [4.78, 5) is 13.7. The van der Waals surface area contributed by atoms with Crippen molar-refractivity contribution in [1.29, 1.82) is 0 Å². The zero-order valence-corrected chi connectivity index (χ0v) is 7.47. The minimum absolute atomic E-state index is 0.0815. The lowest BCUT2D eigenvalue weighted by atomic mass is 10.2. The highest BCUT2D eigenvalue weighted by Crippen LogP contribution is 2.28. The molecule has 14 heavy (non-hydrogen) atoms. The second-order valence-corrected chi connectivity index (χ2v) is 2.95. The molecule has 2 rings (SSSR count). The van der Waals surface area contributed by atoms with E-state index in [1.165, 1.54) is 6.08 Å². The Balaban J connectivity index is 2.17. The Morgan fingerprint density at radius 2 is 2.21 bits per heavy atom. The van der Waals surface area contributed by atoms with E-state index in [-0.39, 0.29) is 6.10 Å². The van der Waals surface area contributed by atoms with E-state index in [1.54, 1.807) is 18.2 Å². The van der Waals surface area contributed by atoms with Gasteiger partial charge in [-0.15, -0.1) is 0 Å². The first-order valence-corrected chi connectivity index (χ1v) is 4.31. The first-order valence-electron chi connectivity index (χ1n) is 4.31. The average Bonchev–Trinajstić information content (AvgIpc) is 2.14. The van der Waals surface area contributed by atoms with E-state index in [0.29, 0.717) is 24.7 Å². The molecule has 0 atom stereocenters. The third-order valence-corrected chi connectivity index (χ3v) is 1.93. The summed E-state index contributed by atoms with van der Waals surface area (Å²) in [6.07, 6.45) is 1.58. The quantitative estimate of drug-likeness (QED) is 0.536. The first-order chi connectivity index (χ1) is 6.90. The molecule has 72 valence electrons. The summed E-state index contributed by atoms with van der Waals surface area (Å²) in [5, 5.41) is 0. The van der Waals surface area contributed by atoms with Crippen molar-refractivity contribution in [3.8, 4) is 5.75 Å². The van der Waals surface area contributed by atoms with Crippen molar-refractivity contribution in [2.75, 3.05) is 13.2 Å². The lowest BCUT2D eigenvalue weighted by Crippen LogP contribution is -2.38. The van der Waals surface area contributed by atoms with Crippen molar-refractivity contribution in [2.45, 2.75) is 6.10 Å². The van der Waals surface area contributed by atoms with Crippen molar-refractivity contribution >= 4 is 11.8 Å². The van der Waals surface area contributed by atoms with Crippen LogP contribution < -0.4 is 4.74 Å². The molecule has 0 saturated carbocycles. The van der Waals surface area contributed by atoms with E-state index in [1.807, 2.05) is 6.07 Å². The average molecular weight is 191 g/mol. The maximum Gasteiger partial charge on any atom is 0.240 e. The van der Waals surface area contributed by atoms with Crippen LogP contribution in [0.4, 0.5) is 5.69 Å². The van der Waals surface area contributed by atoms with Gasteiger partial charge < -0.3 is 9.47 Å². The minimum atomic E-state index is 0.0815. The Hall–Kier alpha value is -1.64. The molecule has 1 aliphatic rings. The summed E-state index contributed by atoms with van der Waals surface area (Å²) in [7, 11) is 0. The second kappa shape index (κ2) is 4.05. The Morgan fingerprint density at radius 1 is 1.43 bits per heavy atom. The van der Waals surface area contributed by atoms with Gasteiger partial charge in [-0.2, -0.15) is 4.99 Å². The molecule has 0 radical (unpaired) electrons. The molecular weight excluding hydrogens is 182 g/mol. The molecule has 4 nitrogen and oxygen atoms in total. The normalized spacial score (nSPS) is 15.4. The maximum absolute atomic E-state index is 10.1. The molecule has 1 heterocycles. The minimum Gasteiger partial charge on any atom is -0.483 e. The molecule has 0 unspecified atom stereocenters. The fourth-order valence-electron chi connectivity index (χ4n) is 1.16. The number of para-hydroxylation sites is 2. The van der Waals surface area contributed by atoms with Crippen molar-refractivity contribution in [3.63, 3.8) is 0 Å². The predicted octanol–water partition coefficient (Wildman–Crippen LogP) is 1.43. The number of hydrogen-bond donors (Lipinski definition) is 0. The molecule has 0 bridgehead atoms. The van der Waals surface area contributed by atoms with Gasteiger partial charge in [0.1, 0.15) is 17.5 Å². The highest BCUT2D eigenvalue weighted by molar-refractivity contribution is 5.57. The maximum atomic E-state index is 10.1. The Labute approximate surface area is 81.2 Å². The number of carbonyl (C=O) groups excluding carboxylic acids is 1. The summed E-state index contributed by atoms with van der Waals surface area (Å²) >= 11 is 0. The van der Waals surface area contributed by atoms with Crippen molar-refractivity contribution in [1.82, 2.24) is 0 Å². The second-order valence-electron chi connectivity index (χ2n) is 2.95. The van der Waals surface area contributed by atoms with E-state index in [4.69, 9.17) is 9.47 Å². The summed E-state index contributed by atoms with van der Waals surface area (Å²) in [6.45, 7) is 1.19. The summed E-state index contributed by atoms with van der Waals surface area (Å²) in [5.41, 5.74) is 0.509. The molecule has 0 spiro atoms. The van der Waals surface area contributed by atoms with Gasteiger partial charge in [0, 0.05) is 0 Å². The van der Waals surface area contributed by atoms with Gasteiger partial charge in [0.15, 0.2) is 0 Å². The van der Waals surface area contributed by atoms with Crippen LogP contribution in [0, 0.1) is 0 Å². The highest BCUT2D eigenvalue weighted by atomic mass is 16.6. The molecule has 4 heteroatoms. The van der Waals surface area contributed by atoms with E-state index in [2.05, 4.69) is 4.99 Å². The molecular formula is C10H9NO3. The van der Waals surface area contributed by atoms with Crippen LogP contribution in [0.15, 0.2) is 29.3 Å². The third-order valence-electron chi connectivity index (χ3n) is 1.93. The highest BCUT2D eigenvalue weighted by Gasteiger charge is 2.20. The lowest BCUT2D eigenvalue weighted by Gasteiger charge is -2.26. The smallest absolute Gasteiger partial charge is 0.240 e. The van der Waals surface area contributed by atoms with Crippen LogP contribution in [0.2, 0.25) is 0 Å². The molecule has 1 aromatic carbocycles. The molecule has 1 fully saturated rings. The van der Waals surface area contributed by atoms with Crippen LogP contribution in [-0.4, -0.2) is 25.4 Å². The van der Waals surface area contributed by atoms with Gasteiger partial charge in [0.2, 0.25) is 6.08 Å². The van der Waals surface area contributed by atoms with E-state index >= 15 is 0 Å². The van der Waals surface area contributed by atoms with Gasteiger partial charge in [0.05, 0.1) is 13.2 Å². The van der Waals surface area contributed by atoms with Gasteiger partial charge in [0.25, 0.3) is 0 Å². The van der Waals surface area contributed by atoms with Crippen LogP contribution in [0.5, 0.6) is 5.75 Å². The fourth-order valence-corrected chi connectivity index (χ4v) is 1.16. The van der Waals surface area contributed by atoms with Gasteiger partial charge in [-0.3, -0.25) is 0 Å². The number of rotatable bonds is 3. The SMILES string of the molecule is O=C=Nc1ccccc1OC1COC1. The monoisotopic (exact) mass is 191 g/mol. The van der Waals surface area contributed by atoms with E-state index in [0.717, 1.165) is 0 Å². The zero-order valence-electron chi connectivity index (χ0n) is 7.47. The molecule has 0 aliphatic carbocycles. The van der Waals surface area contributed by atoms with Crippen LogP contribution in [0.3, 0.4) is 0 Å². The molecule has 1 saturated heterocycles. The van der Waals surface area contributed by atoms with E-state index < -0.39 is 0 Å². The predicted molar refractivity (Wildman–Crippen MR) is 49.5 cm³/mol. The largest absolute Gasteiger partial charge is 0.483 e. The Kier molecular flexibility index (Phi) is 2.58. The Morgan fingerprint density at radius 3 is 2.86 bits per heavy atom. The summed E-state index contributed by atoms with van der Waals surface area (Å²) in [5.74, 6) is 0.601. The van der Waals surface area contributed by atoms with Crippen LogP contribution in [-0.2, 0) is 9.53 Å².